The van der Waals surface area contributed by atoms with E-state index in [4.69, 9.17) is 19.9 Å². The third-order valence-electron chi connectivity index (χ3n) is 2.42. The maximum atomic E-state index is 5.72. The van der Waals surface area contributed by atoms with E-state index in [9.17, 15) is 0 Å². The van der Waals surface area contributed by atoms with Crippen LogP contribution in [0.2, 0.25) is 0 Å². The summed E-state index contributed by atoms with van der Waals surface area (Å²) in [6.07, 6.45) is 0.0634. The molecule has 0 saturated heterocycles. The van der Waals surface area contributed by atoms with Gasteiger partial charge in [-0.05, 0) is 31.5 Å². The highest BCUT2D eigenvalue weighted by Crippen LogP contribution is 2.34. The minimum absolute atomic E-state index is 0.0884. The summed E-state index contributed by atoms with van der Waals surface area (Å²) in [5.41, 5.74) is 6.73. The molecule has 0 bridgehead atoms. The summed E-state index contributed by atoms with van der Waals surface area (Å²) in [4.78, 5) is 0. The van der Waals surface area contributed by atoms with E-state index in [0.717, 1.165) is 17.1 Å². The zero-order valence-corrected chi connectivity index (χ0v) is 9.60. The quantitative estimate of drug-likeness (QED) is 0.846. The van der Waals surface area contributed by atoms with Gasteiger partial charge in [-0.2, -0.15) is 0 Å². The van der Waals surface area contributed by atoms with Crippen LogP contribution in [-0.2, 0) is 4.74 Å². The minimum Gasteiger partial charge on any atom is -0.454 e. The fourth-order valence-electron chi connectivity index (χ4n) is 1.71. The van der Waals surface area contributed by atoms with Gasteiger partial charge in [0.2, 0.25) is 6.79 Å². The molecule has 1 heterocycles. The third-order valence-corrected chi connectivity index (χ3v) is 2.42. The van der Waals surface area contributed by atoms with Gasteiger partial charge in [0.05, 0.1) is 12.2 Å². The van der Waals surface area contributed by atoms with Gasteiger partial charge >= 0.3 is 0 Å². The molecule has 1 aromatic rings. The van der Waals surface area contributed by atoms with Gasteiger partial charge in [-0.15, -0.1) is 0 Å². The highest BCUT2D eigenvalue weighted by Gasteiger charge is 2.18. The molecule has 1 atom stereocenters. The number of fused-ring (bicyclic) bond motifs is 1. The SMILES string of the molecule is CC(C)OC(CN)c1ccc2c(c1)OCO2. The zero-order chi connectivity index (χ0) is 11.5. The normalized spacial score (nSPS) is 15.5. The molecular formula is C12H17NO3. The van der Waals surface area contributed by atoms with E-state index in [1.165, 1.54) is 0 Å². The van der Waals surface area contributed by atoms with E-state index < -0.39 is 0 Å². The van der Waals surface area contributed by atoms with E-state index in [1.807, 2.05) is 32.0 Å². The molecule has 0 saturated carbocycles. The van der Waals surface area contributed by atoms with Crippen LogP contribution in [0.4, 0.5) is 0 Å². The molecule has 1 aliphatic heterocycles. The lowest BCUT2D eigenvalue weighted by Crippen LogP contribution is -2.19. The number of ether oxygens (including phenoxy) is 3. The summed E-state index contributed by atoms with van der Waals surface area (Å²) >= 11 is 0. The molecule has 0 aromatic heterocycles. The monoisotopic (exact) mass is 223 g/mol. The fraction of sp³-hybridized carbons (Fsp3) is 0.500. The smallest absolute Gasteiger partial charge is 0.231 e. The average Bonchev–Trinajstić information content (AvgIpc) is 2.72. The van der Waals surface area contributed by atoms with Crippen molar-refractivity contribution in [2.24, 2.45) is 5.73 Å². The van der Waals surface area contributed by atoms with Crippen molar-refractivity contribution in [3.63, 3.8) is 0 Å². The molecule has 0 aliphatic carbocycles. The van der Waals surface area contributed by atoms with Crippen LogP contribution in [-0.4, -0.2) is 19.4 Å². The van der Waals surface area contributed by atoms with Crippen LogP contribution >= 0.6 is 0 Å². The van der Waals surface area contributed by atoms with Crippen LogP contribution in [0.15, 0.2) is 18.2 Å². The lowest BCUT2D eigenvalue weighted by Gasteiger charge is -2.19. The molecule has 2 N–H and O–H groups in total. The molecule has 1 aliphatic rings. The predicted octanol–water partition coefficient (Wildman–Crippen LogP) is 1.84. The molecule has 2 rings (SSSR count). The van der Waals surface area contributed by atoms with Gasteiger partial charge in [0, 0.05) is 6.54 Å². The lowest BCUT2D eigenvalue weighted by atomic mass is 10.1. The largest absolute Gasteiger partial charge is 0.454 e. The number of hydrogen-bond donors (Lipinski definition) is 1. The van der Waals surface area contributed by atoms with E-state index in [0.29, 0.717) is 6.54 Å². The molecule has 88 valence electrons. The van der Waals surface area contributed by atoms with Gasteiger partial charge in [0.1, 0.15) is 0 Å². The van der Waals surface area contributed by atoms with Crippen LogP contribution in [0.5, 0.6) is 11.5 Å². The standard InChI is InChI=1S/C12H17NO3/c1-8(2)16-12(6-13)9-3-4-10-11(5-9)15-7-14-10/h3-5,8,12H,6-7,13H2,1-2H3. The maximum absolute atomic E-state index is 5.72. The topological polar surface area (TPSA) is 53.7 Å². The van der Waals surface area contributed by atoms with Crippen molar-refractivity contribution in [3.8, 4) is 11.5 Å². The molecule has 16 heavy (non-hydrogen) atoms. The molecule has 0 amide bonds. The summed E-state index contributed by atoms with van der Waals surface area (Å²) in [6, 6.07) is 5.79. The van der Waals surface area contributed by atoms with Crippen molar-refractivity contribution in [2.45, 2.75) is 26.1 Å². The predicted molar refractivity (Wildman–Crippen MR) is 60.6 cm³/mol. The molecular weight excluding hydrogens is 206 g/mol. The minimum atomic E-state index is -0.0884. The van der Waals surface area contributed by atoms with Crippen LogP contribution in [0, 0.1) is 0 Å². The van der Waals surface area contributed by atoms with E-state index in [-0.39, 0.29) is 19.0 Å². The van der Waals surface area contributed by atoms with Gasteiger partial charge < -0.3 is 19.9 Å². The first-order valence-corrected chi connectivity index (χ1v) is 5.45. The molecule has 4 heteroatoms. The number of hydrogen-bond acceptors (Lipinski definition) is 4. The molecule has 0 radical (unpaired) electrons. The molecule has 1 unspecified atom stereocenters. The van der Waals surface area contributed by atoms with Crippen molar-refractivity contribution in [1.29, 1.82) is 0 Å². The van der Waals surface area contributed by atoms with Crippen molar-refractivity contribution in [3.05, 3.63) is 23.8 Å². The Kier molecular flexibility index (Phi) is 3.31. The van der Waals surface area contributed by atoms with Gasteiger partial charge in [0.25, 0.3) is 0 Å². The Morgan fingerprint density at radius 3 is 2.75 bits per heavy atom. The molecule has 0 spiro atoms. The third kappa shape index (κ3) is 2.28. The molecule has 0 fully saturated rings. The Morgan fingerprint density at radius 2 is 2.06 bits per heavy atom. The van der Waals surface area contributed by atoms with Crippen LogP contribution in [0.1, 0.15) is 25.5 Å². The number of benzene rings is 1. The van der Waals surface area contributed by atoms with Crippen molar-refractivity contribution < 1.29 is 14.2 Å². The summed E-state index contributed by atoms with van der Waals surface area (Å²) in [5, 5.41) is 0. The second-order valence-corrected chi connectivity index (χ2v) is 4.02. The zero-order valence-electron chi connectivity index (χ0n) is 9.60. The van der Waals surface area contributed by atoms with Crippen molar-refractivity contribution >= 4 is 0 Å². The Bertz CT molecular complexity index is 365. The highest BCUT2D eigenvalue weighted by atomic mass is 16.7. The van der Waals surface area contributed by atoms with E-state index in [2.05, 4.69) is 0 Å². The lowest BCUT2D eigenvalue weighted by molar-refractivity contribution is 0.0119. The number of nitrogens with two attached hydrogens (primary N) is 1. The highest BCUT2D eigenvalue weighted by molar-refractivity contribution is 5.45. The first kappa shape index (κ1) is 11.2. The van der Waals surface area contributed by atoms with Crippen LogP contribution in [0.3, 0.4) is 0 Å². The first-order valence-electron chi connectivity index (χ1n) is 5.45. The fourth-order valence-corrected chi connectivity index (χ4v) is 1.71. The first-order chi connectivity index (χ1) is 7.70. The van der Waals surface area contributed by atoms with Gasteiger partial charge in [-0.1, -0.05) is 6.07 Å². The van der Waals surface area contributed by atoms with Crippen LogP contribution < -0.4 is 15.2 Å². The maximum Gasteiger partial charge on any atom is 0.231 e. The second-order valence-electron chi connectivity index (χ2n) is 4.02. The van der Waals surface area contributed by atoms with Gasteiger partial charge in [-0.25, -0.2) is 0 Å². The van der Waals surface area contributed by atoms with Gasteiger partial charge in [0.15, 0.2) is 11.5 Å². The Hall–Kier alpha value is -1.26. The van der Waals surface area contributed by atoms with E-state index in [1.54, 1.807) is 0 Å². The Morgan fingerprint density at radius 1 is 1.31 bits per heavy atom. The number of rotatable bonds is 4. The Labute approximate surface area is 95.3 Å². The van der Waals surface area contributed by atoms with Crippen molar-refractivity contribution in [2.75, 3.05) is 13.3 Å². The molecule has 1 aromatic carbocycles. The summed E-state index contributed by atoms with van der Waals surface area (Å²) in [6.45, 7) is 4.74. The molecule has 4 nitrogen and oxygen atoms in total. The Balaban J connectivity index is 2.18. The van der Waals surface area contributed by atoms with Crippen LogP contribution in [0.25, 0.3) is 0 Å². The average molecular weight is 223 g/mol. The second kappa shape index (κ2) is 4.72. The van der Waals surface area contributed by atoms with Crippen molar-refractivity contribution in [1.82, 2.24) is 0 Å². The summed E-state index contributed by atoms with van der Waals surface area (Å²) in [5.74, 6) is 1.55. The van der Waals surface area contributed by atoms with E-state index >= 15 is 0 Å². The van der Waals surface area contributed by atoms with Gasteiger partial charge in [-0.3, -0.25) is 0 Å². The summed E-state index contributed by atoms with van der Waals surface area (Å²) < 4.78 is 16.3. The summed E-state index contributed by atoms with van der Waals surface area (Å²) in [7, 11) is 0.